The van der Waals surface area contributed by atoms with Gasteiger partial charge in [0.15, 0.2) is 0 Å². The topological polar surface area (TPSA) is 37.9 Å². The molecule has 2 unspecified atom stereocenters. The van der Waals surface area contributed by atoms with Crippen LogP contribution in [0.25, 0.3) is 27.4 Å². The number of hydrogen-bond donors (Lipinski definition) is 1. The molecule has 3 nitrogen and oxygen atoms in total. The molecule has 1 aromatic heterocycles. The van der Waals surface area contributed by atoms with Gasteiger partial charge in [0.1, 0.15) is 11.6 Å². The zero-order valence-corrected chi connectivity index (χ0v) is 18.4. The smallest absolute Gasteiger partial charge is 0.138 e. The van der Waals surface area contributed by atoms with Crippen LogP contribution in [-0.4, -0.2) is 16.6 Å². The Hall–Kier alpha value is -2.55. The van der Waals surface area contributed by atoms with Crippen LogP contribution in [0.3, 0.4) is 0 Å². The lowest BCUT2D eigenvalue weighted by molar-refractivity contribution is 0.340. The fourth-order valence-corrected chi connectivity index (χ4v) is 5.80. The summed E-state index contributed by atoms with van der Waals surface area (Å²) in [6, 6.07) is 4.67. The molecule has 0 saturated heterocycles. The van der Waals surface area contributed by atoms with E-state index >= 15 is 0 Å². The summed E-state index contributed by atoms with van der Waals surface area (Å²) >= 11 is 0. The third kappa shape index (κ3) is 2.47. The van der Waals surface area contributed by atoms with E-state index in [-0.39, 0.29) is 5.41 Å². The second-order valence-electron chi connectivity index (χ2n) is 10.2. The minimum Gasteiger partial charge on any atom is -0.492 e. The monoisotopic (exact) mass is 398 g/mol. The van der Waals surface area contributed by atoms with E-state index in [0.717, 1.165) is 36.5 Å². The summed E-state index contributed by atoms with van der Waals surface area (Å²) in [6.07, 6.45) is 11.5. The van der Waals surface area contributed by atoms with E-state index in [2.05, 4.69) is 63.0 Å². The van der Waals surface area contributed by atoms with E-state index in [0.29, 0.717) is 11.8 Å². The second-order valence-corrected chi connectivity index (χ2v) is 10.2. The number of aromatic amines is 1. The normalized spacial score (nSPS) is 24.6. The Morgan fingerprint density at radius 1 is 1.20 bits per heavy atom. The average molecular weight is 399 g/mol. The highest BCUT2D eigenvalue weighted by Crippen LogP contribution is 2.49. The Morgan fingerprint density at radius 3 is 2.87 bits per heavy atom. The summed E-state index contributed by atoms with van der Waals surface area (Å²) in [4.78, 5) is 8.93. The molecule has 0 bridgehead atoms. The van der Waals surface area contributed by atoms with Crippen molar-refractivity contribution in [2.24, 2.45) is 5.92 Å². The Bertz CT molecular complexity index is 1260. The molecule has 3 aromatic rings. The van der Waals surface area contributed by atoms with Crippen molar-refractivity contribution in [1.82, 2.24) is 9.97 Å². The molecule has 2 aliphatic carbocycles. The highest BCUT2D eigenvalue weighted by Gasteiger charge is 2.33. The van der Waals surface area contributed by atoms with Crippen molar-refractivity contribution >= 4 is 27.4 Å². The van der Waals surface area contributed by atoms with Gasteiger partial charge < -0.3 is 9.72 Å². The molecule has 3 aliphatic rings. The third-order valence-corrected chi connectivity index (χ3v) is 7.53. The number of ether oxygens (including phenoxy) is 1. The molecular formula is C27H30N2O. The van der Waals surface area contributed by atoms with E-state index in [1.54, 1.807) is 0 Å². The predicted molar refractivity (Wildman–Crippen MR) is 124 cm³/mol. The fourth-order valence-electron chi connectivity index (χ4n) is 5.80. The van der Waals surface area contributed by atoms with Crippen LogP contribution in [-0.2, 0) is 11.8 Å². The van der Waals surface area contributed by atoms with E-state index < -0.39 is 0 Å². The van der Waals surface area contributed by atoms with Crippen LogP contribution in [0.15, 0.2) is 30.4 Å². The first kappa shape index (κ1) is 18.2. The number of benzene rings is 2. The predicted octanol–water partition coefficient (Wildman–Crippen LogP) is 6.81. The lowest BCUT2D eigenvalue weighted by Crippen LogP contribution is -2.23. The molecule has 154 valence electrons. The highest BCUT2D eigenvalue weighted by atomic mass is 16.5. The first-order valence-corrected chi connectivity index (χ1v) is 11.5. The first-order chi connectivity index (χ1) is 14.4. The van der Waals surface area contributed by atoms with Gasteiger partial charge in [-0.3, -0.25) is 0 Å². The fraction of sp³-hybridized carbons (Fsp3) is 0.444. The Labute approximate surface area is 178 Å². The Balaban J connectivity index is 1.70. The number of aromatic nitrogens is 2. The van der Waals surface area contributed by atoms with Crippen LogP contribution in [0.4, 0.5) is 0 Å². The standard InChI is InChI=1S/C27H30N2O/c1-15-7-9-17(10-8-15)26-28-23-21-16(2)14-30-25(21)19-11-12-20-18(22(19)24(23)29-26)6-5-13-27(20,3)4/h7,9-12,15-16H,5-6,8,13-14H2,1-4H3,(H,28,29). The van der Waals surface area contributed by atoms with Crippen LogP contribution >= 0.6 is 0 Å². The van der Waals surface area contributed by atoms with Crippen LogP contribution in [0.5, 0.6) is 5.75 Å². The molecule has 2 atom stereocenters. The van der Waals surface area contributed by atoms with Gasteiger partial charge in [0.2, 0.25) is 0 Å². The molecule has 0 spiro atoms. The van der Waals surface area contributed by atoms with Crippen LogP contribution in [0, 0.1) is 5.92 Å². The molecule has 2 aromatic carbocycles. The van der Waals surface area contributed by atoms with Gasteiger partial charge in [-0.05, 0) is 48.1 Å². The Kier molecular flexibility index (Phi) is 3.79. The summed E-state index contributed by atoms with van der Waals surface area (Å²) in [5.74, 6) is 3.03. The maximum Gasteiger partial charge on any atom is 0.138 e. The van der Waals surface area contributed by atoms with Crippen molar-refractivity contribution < 1.29 is 4.74 Å². The molecule has 0 saturated carbocycles. The molecule has 0 fully saturated rings. The van der Waals surface area contributed by atoms with Gasteiger partial charge in [0.05, 0.1) is 17.6 Å². The van der Waals surface area contributed by atoms with E-state index in [9.17, 15) is 0 Å². The minimum absolute atomic E-state index is 0.217. The van der Waals surface area contributed by atoms with Crippen molar-refractivity contribution in [3.8, 4) is 5.75 Å². The van der Waals surface area contributed by atoms with Crippen LogP contribution in [0.2, 0.25) is 0 Å². The zero-order valence-electron chi connectivity index (χ0n) is 18.4. The largest absolute Gasteiger partial charge is 0.492 e. The van der Waals surface area contributed by atoms with Crippen molar-refractivity contribution in [3.63, 3.8) is 0 Å². The van der Waals surface area contributed by atoms with Gasteiger partial charge in [0, 0.05) is 27.8 Å². The van der Waals surface area contributed by atoms with Gasteiger partial charge in [-0.15, -0.1) is 0 Å². The number of H-pyrrole nitrogens is 1. The zero-order chi connectivity index (χ0) is 20.6. The number of rotatable bonds is 1. The number of allylic oxidation sites excluding steroid dienone is 4. The van der Waals surface area contributed by atoms with Gasteiger partial charge in [0.25, 0.3) is 0 Å². The number of imidazole rings is 1. The molecule has 6 rings (SSSR count). The molecule has 1 N–H and O–H groups in total. The van der Waals surface area contributed by atoms with Crippen LogP contribution < -0.4 is 4.74 Å². The number of fused-ring (bicyclic) bond motifs is 8. The summed E-state index contributed by atoms with van der Waals surface area (Å²) < 4.78 is 6.26. The SMILES string of the molecule is CC1C=CC(c2nc3c4c(c5ccc6c(c5c3[nH]2)CCCC6(C)C)OCC4C)=CC1. The highest BCUT2D eigenvalue weighted by molar-refractivity contribution is 6.12. The van der Waals surface area contributed by atoms with Gasteiger partial charge in [-0.2, -0.15) is 0 Å². The number of hydrogen-bond acceptors (Lipinski definition) is 2. The van der Waals surface area contributed by atoms with Gasteiger partial charge >= 0.3 is 0 Å². The summed E-state index contributed by atoms with van der Waals surface area (Å²) in [5, 5.41) is 2.60. The molecule has 30 heavy (non-hydrogen) atoms. The maximum atomic E-state index is 6.26. The molecule has 1 aliphatic heterocycles. The number of aryl methyl sites for hydroxylation is 1. The minimum atomic E-state index is 0.217. The third-order valence-electron chi connectivity index (χ3n) is 7.53. The van der Waals surface area contributed by atoms with E-state index in [1.165, 1.54) is 51.4 Å². The van der Waals surface area contributed by atoms with Crippen molar-refractivity contribution in [2.45, 2.75) is 64.7 Å². The van der Waals surface area contributed by atoms with E-state index in [4.69, 9.17) is 9.72 Å². The van der Waals surface area contributed by atoms with Gasteiger partial charge in [-0.1, -0.05) is 58.1 Å². The molecule has 0 amide bonds. The van der Waals surface area contributed by atoms with E-state index in [1.807, 2.05) is 0 Å². The van der Waals surface area contributed by atoms with Crippen LogP contribution in [0.1, 0.15) is 75.4 Å². The molecule has 0 radical (unpaired) electrons. The van der Waals surface area contributed by atoms with Crippen molar-refractivity contribution in [3.05, 3.63) is 52.9 Å². The average Bonchev–Trinajstić information content (AvgIpc) is 3.32. The second kappa shape index (κ2) is 6.23. The first-order valence-electron chi connectivity index (χ1n) is 11.5. The molecule has 2 heterocycles. The Morgan fingerprint density at radius 2 is 2.07 bits per heavy atom. The summed E-state index contributed by atoms with van der Waals surface area (Å²) in [7, 11) is 0. The summed E-state index contributed by atoms with van der Waals surface area (Å²) in [6.45, 7) is 10.0. The van der Waals surface area contributed by atoms with Gasteiger partial charge in [-0.25, -0.2) is 4.98 Å². The number of nitrogens with one attached hydrogen (secondary N) is 1. The molecular weight excluding hydrogens is 368 g/mol. The van der Waals surface area contributed by atoms with Crippen molar-refractivity contribution in [2.75, 3.05) is 6.61 Å². The molecule has 3 heteroatoms. The number of nitrogens with zero attached hydrogens (tertiary/aromatic N) is 1. The quantitative estimate of drug-likeness (QED) is 0.489. The lowest BCUT2D eigenvalue weighted by atomic mass is 9.71. The summed E-state index contributed by atoms with van der Waals surface area (Å²) in [5.41, 5.74) is 8.02. The lowest BCUT2D eigenvalue weighted by Gasteiger charge is -2.33. The van der Waals surface area contributed by atoms with Crippen molar-refractivity contribution in [1.29, 1.82) is 0 Å². The maximum absolute atomic E-state index is 6.26.